The zero-order valence-corrected chi connectivity index (χ0v) is 19.6. The van der Waals surface area contributed by atoms with E-state index < -0.39 is 0 Å². The average molecular weight is 456 g/mol. The summed E-state index contributed by atoms with van der Waals surface area (Å²) in [5, 5.41) is 4.21. The summed E-state index contributed by atoms with van der Waals surface area (Å²) in [4.78, 5) is 11.2. The van der Waals surface area contributed by atoms with Crippen LogP contribution in [0.3, 0.4) is 0 Å². The van der Waals surface area contributed by atoms with Gasteiger partial charge in [-0.15, -0.1) is 0 Å². The number of benzene rings is 1. The van der Waals surface area contributed by atoms with E-state index in [4.69, 9.17) is 17.0 Å². The van der Waals surface area contributed by atoms with E-state index in [2.05, 4.69) is 50.7 Å². The lowest BCUT2D eigenvalue weighted by atomic mass is 9.96. The number of nitrogens with zero attached hydrogens (tertiary/aromatic N) is 4. The molecule has 0 amide bonds. The lowest BCUT2D eigenvalue weighted by molar-refractivity contribution is 0.415. The van der Waals surface area contributed by atoms with Crippen LogP contribution in [0.1, 0.15) is 34.7 Å². The van der Waals surface area contributed by atoms with Crippen molar-refractivity contribution in [2.24, 2.45) is 0 Å². The molecule has 1 aromatic carbocycles. The second-order valence-corrected chi connectivity index (χ2v) is 8.45. The van der Waals surface area contributed by atoms with Crippen LogP contribution >= 0.6 is 12.2 Å². The van der Waals surface area contributed by atoms with Crippen molar-refractivity contribution < 1.29 is 4.74 Å². The third-order valence-electron chi connectivity index (χ3n) is 6.14. The number of nitrogens with one attached hydrogen (secondary N) is 1. The van der Waals surface area contributed by atoms with E-state index in [-0.39, 0.29) is 12.1 Å². The lowest BCUT2D eigenvalue weighted by Crippen LogP contribution is -2.29. The molecule has 0 bridgehead atoms. The first-order valence-electron chi connectivity index (χ1n) is 10.8. The van der Waals surface area contributed by atoms with E-state index in [1.165, 1.54) is 5.56 Å². The predicted octanol–water partition coefficient (Wildman–Crippen LogP) is 5.07. The van der Waals surface area contributed by atoms with Crippen molar-refractivity contribution >= 4 is 23.0 Å². The van der Waals surface area contributed by atoms with Gasteiger partial charge in [-0.1, -0.05) is 6.07 Å². The molecule has 0 unspecified atom stereocenters. The van der Waals surface area contributed by atoms with Crippen LogP contribution in [0.2, 0.25) is 0 Å². The fourth-order valence-electron chi connectivity index (χ4n) is 4.66. The number of aryl methyl sites for hydroxylation is 1. The monoisotopic (exact) mass is 455 g/mol. The topological polar surface area (TPSA) is 55.2 Å². The van der Waals surface area contributed by atoms with Crippen LogP contribution in [0.4, 0.5) is 5.69 Å². The van der Waals surface area contributed by atoms with Crippen LogP contribution in [-0.4, -0.2) is 26.8 Å². The van der Waals surface area contributed by atoms with Gasteiger partial charge in [-0.3, -0.25) is 9.97 Å². The number of pyridine rings is 2. The predicted molar refractivity (Wildman–Crippen MR) is 134 cm³/mol. The number of hydrogen-bond acceptors (Lipinski definition) is 4. The van der Waals surface area contributed by atoms with Gasteiger partial charge < -0.3 is 19.5 Å². The van der Waals surface area contributed by atoms with Gasteiger partial charge in [0.05, 0.1) is 36.8 Å². The number of anilines is 1. The molecule has 0 spiro atoms. The average Bonchev–Trinajstić information content (AvgIpc) is 3.35. The molecule has 1 fully saturated rings. The molecule has 6 nitrogen and oxygen atoms in total. The number of rotatable bonds is 5. The highest BCUT2D eigenvalue weighted by Gasteiger charge is 2.42. The van der Waals surface area contributed by atoms with Gasteiger partial charge in [0.1, 0.15) is 5.75 Å². The van der Waals surface area contributed by atoms with Gasteiger partial charge >= 0.3 is 0 Å². The number of aromatic nitrogens is 3. The molecule has 0 saturated carbocycles. The molecule has 2 atom stereocenters. The fourth-order valence-corrected chi connectivity index (χ4v) is 5.01. The third kappa shape index (κ3) is 3.74. The maximum absolute atomic E-state index is 5.85. The Morgan fingerprint density at radius 1 is 0.970 bits per heavy atom. The van der Waals surface area contributed by atoms with Gasteiger partial charge in [-0.05, 0) is 86.2 Å². The van der Waals surface area contributed by atoms with Crippen LogP contribution in [0.5, 0.6) is 5.75 Å². The number of methoxy groups -OCH3 is 1. The molecule has 5 rings (SSSR count). The number of ether oxygens (including phenoxy) is 1. The summed E-state index contributed by atoms with van der Waals surface area (Å²) in [5.41, 5.74) is 6.47. The fraction of sp³-hybridized carbons (Fsp3) is 0.192. The molecule has 3 aromatic heterocycles. The molecule has 166 valence electrons. The normalized spacial score (nSPS) is 17.8. The van der Waals surface area contributed by atoms with Crippen molar-refractivity contribution in [1.82, 2.24) is 19.9 Å². The zero-order valence-electron chi connectivity index (χ0n) is 18.8. The number of thiocarbonyl (C=S) groups is 1. The Hall–Kier alpha value is -3.71. The Morgan fingerprint density at radius 3 is 2.45 bits per heavy atom. The molecule has 1 aliphatic rings. The van der Waals surface area contributed by atoms with Crippen LogP contribution in [-0.2, 0) is 0 Å². The van der Waals surface area contributed by atoms with Gasteiger partial charge in [0, 0.05) is 29.5 Å². The van der Waals surface area contributed by atoms with Crippen molar-refractivity contribution in [3.63, 3.8) is 0 Å². The van der Waals surface area contributed by atoms with Crippen LogP contribution in [0.25, 0.3) is 5.69 Å². The van der Waals surface area contributed by atoms with Crippen molar-refractivity contribution in [3.8, 4) is 11.4 Å². The summed E-state index contributed by atoms with van der Waals surface area (Å²) in [6, 6.07) is 20.1. The van der Waals surface area contributed by atoms with Gasteiger partial charge in [0.25, 0.3) is 0 Å². The van der Waals surface area contributed by atoms with Crippen LogP contribution in [0.15, 0.2) is 79.3 Å². The lowest BCUT2D eigenvalue weighted by Gasteiger charge is -2.28. The molecule has 7 heteroatoms. The van der Waals surface area contributed by atoms with E-state index >= 15 is 0 Å². The highest BCUT2D eigenvalue weighted by molar-refractivity contribution is 7.80. The van der Waals surface area contributed by atoms with E-state index in [9.17, 15) is 0 Å². The van der Waals surface area contributed by atoms with E-state index in [0.29, 0.717) is 5.11 Å². The molecule has 1 N–H and O–H groups in total. The summed E-state index contributed by atoms with van der Waals surface area (Å²) < 4.78 is 7.60. The Labute approximate surface area is 198 Å². The second kappa shape index (κ2) is 8.67. The number of hydrogen-bond donors (Lipinski definition) is 1. The molecule has 0 aliphatic carbocycles. The first kappa shape index (κ1) is 21.2. The SMILES string of the molecule is COc1ccc(N2C(=S)N[C@H](c3ccccn3)[C@@H]2c2cc(C)n(-c3cccnc3)c2C)cc1. The summed E-state index contributed by atoms with van der Waals surface area (Å²) >= 11 is 5.85. The Bertz CT molecular complexity index is 1270. The molecule has 4 heterocycles. The maximum Gasteiger partial charge on any atom is 0.174 e. The molecule has 1 saturated heterocycles. The Morgan fingerprint density at radius 2 is 1.79 bits per heavy atom. The second-order valence-electron chi connectivity index (χ2n) is 8.07. The first-order valence-corrected chi connectivity index (χ1v) is 11.2. The molecular formula is C26H25N5OS. The van der Waals surface area contributed by atoms with Gasteiger partial charge in [-0.25, -0.2) is 0 Å². The zero-order chi connectivity index (χ0) is 22.9. The van der Waals surface area contributed by atoms with Crippen molar-refractivity contribution in [1.29, 1.82) is 0 Å². The molecule has 4 aromatic rings. The standard InChI is InChI=1S/C26H25N5OS/c1-17-15-22(18(2)30(17)20-7-6-13-27-16-20)25-24(23-8-4-5-14-28-23)29-26(33)31(25)19-9-11-21(32-3)12-10-19/h4-16,24-25H,1-3H3,(H,29,33)/t24-,25+/m1/s1. The van der Waals surface area contributed by atoms with Crippen molar-refractivity contribution in [2.45, 2.75) is 25.9 Å². The summed E-state index contributed by atoms with van der Waals surface area (Å²) in [6.07, 6.45) is 5.51. The highest BCUT2D eigenvalue weighted by atomic mass is 32.1. The van der Waals surface area contributed by atoms with Crippen LogP contribution in [0, 0.1) is 13.8 Å². The Kier molecular flexibility index (Phi) is 5.56. The van der Waals surface area contributed by atoms with E-state index in [0.717, 1.165) is 34.2 Å². The van der Waals surface area contributed by atoms with E-state index in [1.807, 2.05) is 60.9 Å². The van der Waals surface area contributed by atoms with Gasteiger partial charge in [0.15, 0.2) is 5.11 Å². The molecule has 0 radical (unpaired) electrons. The highest BCUT2D eigenvalue weighted by Crippen LogP contribution is 2.43. The smallest absolute Gasteiger partial charge is 0.174 e. The van der Waals surface area contributed by atoms with Gasteiger partial charge in [0.2, 0.25) is 0 Å². The minimum atomic E-state index is -0.0938. The third-order valence-corrected chi connectivity index (χ3v) is 6.46. The van der Waals surface area contributed by atoms with Crippen LogP contribution < -0.4 is 15.0 Å². The largest absolute Gasteiger partial charge is 0.497 e. The Balaban J connectivity index is 1.66. The summed E-state index contributed by atoms with van der Waals surface area (Å²) in [7, 11) is 1.67. The summed E-state index contributed by atoms with van der Waals surface area (Å²) in [5.74, 6) is 0.810. The van der Waals surface area contributed by atoms with Crippen molar-refractivity contribution in [3.05, 3.63) is 102 Å². The maximum atomic E-state index is 5.85. The van der Waals surface area contributed by atoms with Gasteiger partial charge in [-0.2, -0.15) is 0 Å². The quantitative estimate of drug-likeness (QED) is 0.424. The molecule has 33 heavy (non-hydrogen) atoms. The first-order chi connectivity index (χ1) is 16.1. The minimum Gasteiger partial charge on any atom is -0.497 e. The molecule has 1 aliphatic heterocycles. The minimum absolute atomic E-state index is 0.0718. The van der Waals surface area contributed by atoms with Crippen molar-refractivity contribution in [2.75, 3.05) is 12.0 Å². The summed E-state index contributed by atoms with van der Waals surface area (Å²) in [6.45, 7) is 4.27. The van der Waals surface area contributed by atoms with E-state index in [1.54, 1.807) is 13.3 Å². The molecular weight excluding hydrogens is 430 g/mol.